The second kappa shape index (κ2) is 3.64. The van der Waals surface area contributed by atoms with Gasteiger partial charge in [0, 0.05) is 12.5 Å². The Balaban J connectivity index is 1.91. The molecule has 4 fully saturated rings. The first kappa shape index (κ1) is 12.8. The standard InChI is InChI=1S/C15H22N2O3/c1-13(2)10-8-14-5-3-7-17(14)12(19)15(10,16-20-9-14)6-4-11(13)18/h4,6,10-11,16,18H,3,5,7-9H2,1-2H3. The van der Waals surface area contributed by atoms with Crippen molar-refractivity contribution in [3.05, 3.63) is 12.2 Å². The zero-order valence-electron chi connectivity index (χ0n) is 12.1. The van der Waals surface area contributed by atoms with Crippen LogP contribution in [0.15, 0.2) is 12.2 Å². The number of piperidine rings is 1. The third-order valence-electron chi connectivity index (χ3n) is 6.11. The number of carbonyl (C=O) groups is 1. The molecule has 5 rings (SSSR count). The number of hydroxylamine groups is 1. The van der Waals surface area contributed by atoms with Crippen molar-refractivity contribution in [1.29, 1.82) is 0 Å². The third-order valence-corrected chi connectivity index (χ3v) is 6.11. The van der Waals surface area contributed by atoms with Crippen LogP contribution in [0.5, 0.6) is 0 Å². The summed E-state index contributed by atoms with van der Waals surface area (Å²) in [4.78, 5) is 20.8. The van der Waals surface area contributed by atoms with Gasteiger partial charge in [0.25, 0.3) is 0 Å². The van der Waals surface area contributed by atoms with Gasteiger partial charge in [-0.25, -0.2) is 0 Å². The topological polar surface area (TPSA) is 61.8 Å². The maximum atomic E-state index is 13.1. The van der Waals surface area contributed by atoms with Gasteiger partial charge in [0.1, 0.15) is 5.54 Å². The Bertz CT molecular complexity index is 503. The SMILES string of the molecule is CC1(C)C(O)C=CC23NOCC4(CCCN4C2=O)CC31. The minimum Gasteiger partial charge on any atom is -0.388 e. The number of hydrogen-bond donors (Lipinski definition) is 2. The monoisotopic (exact) mass is 278 g/mol. The van der Waals surface area contributed by atoms with Gasteiger partial charge < -0.3 is 10.0 Å². The van der Waals surface area contributed by atoms with Gasteiger partial charge in [-0.3, -0.25) is 9.63 Å². The summed E-state index contributed by atoms with van der Waals surface area (Å²) in [6.07, 6.45) is 6.02. The molecule has 110 valence electrons. The molecule has 2 spiro atoms. The van der Waals surface area contributed by atoms with Crippen molar-refractivity contribution >= 4 is 5.91 Å². The smallest absolute Gasteiger partial charge is 0.249 e. The lowest BCUT2D eigenvalue weighted by molar-refractivity contribution is -0.157. The molecular weight excluding hydrogens is 256 g/mol. The highest BCUT2D eigenvalue weighted by molar-refractivity contribution is 5.91. The fraction of sp³-hybridized carbons (Fsp3) is 0.800. The van der Waals surface area contributed by atoms with Crippen LogP contribution >= 0.6 is 0 Å². The molecule has 2 bridgehead atoms. The van der Waals surface area contributed by atoms with Gasteiger partial charge in [0.05, 0.1) is 18.2 Å². The van der Waals surface area contributed by atoms with Crippen LogP contribution in [0, 0.1) is 11.3 Å². The summed E-state index contributed by atoms with van der Waals surface area (Å²) in [5.41, 5.74) is 1.74. The number of amides is 1. The normalized spacial score (nSPS) is 49.0. The summed E-state index contributed by atoms with van der Waals surface area (Å²) in [5.74, 6) is 0.180. The van der Waals surface area contributed by atoms with Gasteiger partial charge in [-0.1, -0.05) is 26.0 Å². The molecule has 0 aromatic carbocycles. The zero-order valence-corrected chi connectivity index (χ0v) is 12.1. The van der Waals surface area contributed by atoms with Crippen LogP contribution in [0.25, 0.3) is 0 Å². The molecule has 1 amide bonds. The van der Waals surface area contributed by atoms with Crippen LogP contribution in [0.2, 0.25) is 0 Å². The molecule has 4 atom stereocenters. The second-order valence-electron chi connectivity index (χ2n) is 7.43. The number of hydrogen-bond acceptors (Lipinski definition) is 4. The minimum atomic E-state index is -0.799. The Labute approximate surface area is 118 Å². The summed E-state index contributed by atoms with van der Waals surface area (Å²) < 4.78 is 0. The van der Waals surface area contributed by atoms with E-state index in [9.17, 15) is 9.90 Å². The van der Waals surface area contributed by atoms with E-state index in [0.29, 0.717) is 6.61 Å². The van der Waals surface area contributed by atoms with Crippen molar-refractivity contribution in [2.75, 3.05) is 13.2 Å². The van der Waals surface area contributed by atoms with Crippen LogP contribution < -0.4 is 5.48 Å². The first-order valence-corrected chi connectivity index (χ1v) is 7.51. The van der Waals surface area contributed by atoms with Crippen LogP contribution in [0.1, 0.15) is 33.1 Å². The zero-order chi connectivity index (χ0) is 14.2. The average Bonchev–Trinajstić information content (AvgIpc) is 2.68. The number of nitrogens with zero attached hydrogens (tertiary/aromatic N) is 1. The van der Waals surface area contributed by atoms with Gasteiger partial charge >= 0.3 is 0 Å². The van der Waals surface area contributed by atoms with Crippen molar-refractivity contribution in [3.63, 3.8) is 0 Å². The third kappa shape index (κ3) is 1.27. The number of carbonyl (C=O) groups excluding carboxylic acids is 1. The van der Waals surface area contributed by atoms with Gasteiger partial charge in [-0.2, -0.15) is 5.48 Å². The molecule has 4 aliphatic heterocycles. The molecule has 4 saturated heterocycles. The maximum Gasteiger partial charge on any atom is 0.249 e. The predicted octanol–water partition coefficient (Wildman–Crippen LogP) is 0.598. The molecule has 2 N–H and O–H groups in total. The molecule has 1 aliphatic carbocycles. The molecule has 5 heteroatoms. The lowest BCUT2D eigenvalue weighted by atomic mass is 9.56. The summed E-state index contributed by atoms with van der Waals surface area (Å²) in [6.45, 7) is 5.49. The fourth-order valence-corrected chi connectivity index (χ4v) is 4.76. The van der Waals surface area contributed by atoms with Gasteiger partial charge in [-0.15, -0.1) is 0 Å². The highest BCUT2D eigenvalue weighted by Crippen LogP contribution is 2.55. The van der Waals surface area contributed by atoms with E-state index in [1.54, 1.807) is 6.08 Å². The minimum absolute atomic E-state index is 0.0550. The number of nitrogens with one attached hydrogen (secondary N) is 1. The Hall–Kier alpha value is -0.910. The average molecular weight is 278 g/mol. The molecule has 4 heterocycles. The lowest BCUT2D eigenvalue weighted by Crippen LogP contribution is -2.71. The summed E-state index contributed by atoms with van der Waals surface area (Å²) in [7, 11) is 0. The molecule has 0 radical (unpaired) electrons. The largest absolute Gasteiger partial charge is 0.388 e. The van der Waals surface area contributed by atoms with Crippen LogP contribution in [-0.4, -0.2) is 46.2 Å². The summed E-state index contributed by atoms with van der Waals surface area (Å²) in [6, 6.07) is 0. The predicted molar refractivity (Wildman–Crippen MR) is 72.5 cm³/mol. The van der Waals surface area contributed by atoms with Gasteiger partial charge in [-0.05, 0) is 24.7 Å². The van der Waals surface area contributed by atoms with Crippen LogP contribution in [0.4, 0.5) is 0 Å². The first-order valence-electron chi connectivity index (χ1n) is 7.51. The van der Waals surface area contributed by atoms with Crippen molar-refractivity contribution in [1.82, 2.24) is 10.4 Å². The molecule has 5 aliphatic rings. The number of aliphatic hydroxyl groups is 1. The molecule has 5 nitrogen and oxygen atoms in total. The van der Waals surface area contributed by atoms with E-state index >= 15 is 0 Å². The number of fused-ring (bicyclic) bond motifs is 2. The highest BCUT2D eigenvalue weighted by atomic mass is 16.7. The van der Waals surface area contributed by atoms with Gasteiger partial charge in [0.2, 0.25) is 5.91 Å². The van der Waals surface area contributed by atoms with Crippen molar-refractivity contribution < 1.29 is 14.7 Å². The quantitative estimate of drug-likeness (QED) is 0.637. The maximum absolute atomic E-state index is 13.1. The van der Waals surface area contributed by atoms with E-state index < -0.39 is 11.6 Å². The Morgan fingerprint density at radius 2 is 2.30 bits per heavy atom. The fourth-order valence-electron chi connectivity index (χ4n) is 4.76. The van der Waals surface area contributed by atoms with E-state index in [4.69, 9.17) is 4.84 Å². The molecule has 0 aromatic heterocycles. The molecular formula is C15H22N2O3. The van der Waals surface area contributed by atoms with E-state index in [2.05, 4.69) is 19.3 Å². The highest BCUT2D eigenvalue weighted by Gasteiger charge is 2.66. The van der Waals surface area contributed by atoms with E-state index in [0.717, 1.165) is 25.8 Å². The summed E-state index contributed by atoms with van der Waals surface area (Å²) in [5, 5.41) is 10.3. The van der Waals surface area contributed by atoms with Crippen molar-refractivity contribution in [2.24, 2.45) is 11.3 Å². The number of rotatable bonds is 0. The molecule has 0 aromatic rings. The van der Waals surface area contributed by atoms with E-state index in [1.807, 2.05) is 11.0 Å². The van der Waals surface area contributed by atoms with E-state index in [1.165, 1.54) is 0 Å². The second-order valence-corrected chi connectivity index (χ2v) is 7.43. The molecule has 4 unspecified atom stereocenters. The molecule has 0 saturated carbocycles. The van der Waals surface area contributed by atoms with Crippen LogP contribution in [-0.2, 0) is 9.63 Å². The van der Waals surface area contributed by atoms with E-state index in [-0.39, 0.29) is 22.8 Å². The molecule has 20 heavy (non-hydrogen) atoms. The van der Waals surface area contributed by atoms with Crippen molar-refractivity contribution in [2.45, 2.75) is 50.3 Å². The van der Waals surface area contributed by atoms with Gasteiger partial charge in [0.15, 0.2) is 0 Å². The van der Waals surface area contributed by atoms with Crippen LogP contribution in [0.3, 0.4) is 0 Å². The number of aliphatic hydroxyl groups excluding tert-OH is 1. The lowest BCUT2D eigenvalue weighted by Gasteiger charge is -2.56. The van der Waals surface area contributed by atoms with Crippen molar-refractivity contribution in [3.8, 4) is 0 Å². The Kier molecular flexibility index (Phi) is 2.33. The Morgan fingerprint density at radius 3 is 3.10 bits per heavy atom. The Morgan fingerprint density at radius 1 is 1.50 bits per heavy atom. The summed E-state index contributed by atoms with van der Waals surface area (Å²) >= 11 is 0. The first-order chi connectivity index (χ1) is 9.42.